The standard InChI is InChI=1S/C6H16ClNSi2/c1-9(2,7)10(3,4)8-5-6-8/h5-6H2,1-4H3. The lowest BCUT2D eigenvalue weighted by Gasteiger charge is -2.33. The largest absolute Gasteiger partial charge is 0.322 e. The van der Waals surface area contributed by atoms with E-state index in [4.69, 9.17) is 11.1 Å². The highest BCUT2D eigenvalue weighted by Gasteiger charge is 2.48. The van der Waals surface area contributed by atoms with E-state index in [-0.39, 0.29) is 0 Å². The summed E-state index contributed by atoms with van der Waals surface area (Å²) < 4.78 is 2.59. The highest BCUT2D eigenvalue weighted by Crippen LogP contribution is 2.30. The minimum atomic E-state index is -1.35. The Kier molecular flexibility index (Phi) is 2.05. The van der Waals surface area contributed by atoms with E-state index in [9.17, 15) is 0 Å². The third kappa shape index (κ3) is 1.47. The Labute approximate surface area is 70.0 Å². The number of hydrogen-bond donors (Lipinski definition) is 0. The SMILES string of the molecule is C[Si](C)(Cl)[Si](C)(C)N1CC1. The molecule has 60 valence electrons. The first-order valence-corrected chi connectivity index (χ1v) is 11.8. The molecule has 10 heavy (non-hydrogen) atoms. The van der Waals surface area contributed by atoms with Crippen molar-refractivity contribution in [2.45, 2.75) is 26.2 Å². The van der Waals surface area contributed by atoms with Gasteiger partial charge in [0, 0.05) is 13.1 Å². The third-order valence-electron chi connectivity index (χ3n) is 2.69. The lowest BCUT2D eigenvalue weighted by molar-refractivity contribution is 0.863. The Balaban J connectivity index is 2.66. The van der Waals surface area contributed by atoms with Crippen LogP contribution in [-0.2, 0) is 0 Å². The molecule has 0 N–H and O–H groups in total. The smallest absolute Gasteiger partial charge is 0.158 e. The summed E-state index contributed by atoms with van der Waals surface area (Å²) in [6, 6.07) is 0. The van der Waals surface area contributed by atoms with Crippen LogP contribution in [0.4, 0.5) is 0 Å². The van der Waals surface area contributed by atoms with E-state index in [1.807, 2.05) is 0 Å². The summed E-state index contributed by atoms with van der Waals surface area (Å²) in [6.45, 7) is 10.6. The minimum Gasteiger partial charge on any atom is -0.322 e. The van der Waals surface area contributed by atoms with Gasteiger partial charge >= 0.3 is 0 Å². The second-order valence-electron chi connectivity index (χ2n) is 4.02. The summed E-state index contributed by atoms with van der Waals surface area (Å²) in [5, 5.41) is 0. The van der Waals surface area contributed by atoms with Crippen LogP contribution in [0.2, 0.25) is 26.2 Å². The molecule has 0 spiro atoms. The maximum Gasteiger partial charge on any atom is 0.158 e. The molecule has 1 rings (SSSR count). The van der Waals surface area contributed by atoms with Crippen LogP contribution in [-0.4, -0.2) is 32.3 Å². The predicted octanol–water partition coefficient (Wildman–Crippen LogP) is 2.03. The van der Waals surface area contributed by atoms with Crippen LogP contribution in [0.1, 0.15) is 0 Å². The minimum absolute atomic E-state index is 1.13. The lowest BCUT2D eigenvalue weighted by Crippen LogP contribution is -2.57. The van der Waals surface area contributed by atoms with Gasteiger partial charge in [-0.05, 0) is 0 Å². The van der Waals surface area contributed by atoms with E-state index in [1.165, 1.54) is 13.1 Å². The molecule has 1 fully saturated rings. The third-order valence-corrected chi connectivity index (χ3v) is 21.5. The Bertz CT molecular complexity index is 137. The molecule has 0 aromatic heterocycles. The van der Waals surface area contributed by atoms with E-state index < -0.39 is 14.7 Å². The summed E-state index contributed by atoms with van der Waals surface area (Å²) in [7, 11) is -1.13. The molecule has 1 heterocycles. The van der Waals surface area contributed by atoms with E-state index >= 15 is 0 Å². The summed E-state index contributed by atoms with van der Waals surface area (Å²) in [4.78, 5) is 0. The summed E-state index contributed by atoms with van der Waals surface area (Å²) in [5.41, 5.74) is 0. The molecule has 1 saturated heterocycles. The Morgan fingerprint density at radius 3 is 1.60 bits per heavy atom. The van der Waals surface area contributed by atoms with Crippen molar-refractivity contribution in [1.82, 2.24) is 4.57 Å². The Hall–Kier alpha value is 0.684. The van der Waals surface area contributed by atoms with Crippen molar-refractivity contribution in [3.8, 4) is 0 Å². The van der Waals surface area contributed by atoms with E-state index in [0.717, 1.165) is 0 Å². The maximum atomic E-state index is 6.42. The highest BCUT2D eigenvalue weighted by atomic mass is 35.6. The Morgan fingerprint density at radius 2 is 1.50 bits per heavy atom. The van der Waals surface area contributed by atoms with Crippen molar-refractivity contribution in [1.29, 1.82) is 0 Å². The molecule has 4 heteroatoms. The molecule has 1 nitrogen and oxygen atoms in total. The van der Waals surface area contributed by atoms with Gasteiger partial charge in [-0.1, -0.05) is 26.2 Å². The molecule has 1 aliphatic rings. The first-order chi connectivity index (χ1) is 4.36. The molecule has 0 amide bonds. The van der Waals surface area contributed by atoms with Crippen molar-refractivity contribution in [2.75, 3.05) is 13.1 Å². The first-order valence-electron chi connectivity index (χ1n) is 3.80. The van der Waals surface area contributed by atoms with Gasteiger partial charge in [-0.25, -0.2) is 0 Å². The van der Waals surface area contributed by atoms with Crippen molar-refractivity contribution >= 4 is 25.7 Å². The molecule has 0 saturated carbocycles. The summed E-state index contributed by atoms with van der Waals surface area (Å²) in [5.74, 6) is 0. The zero-order valence-electron chi connectivity index (χ0n) is 7.24. The predicted molar refractivity (Wildman–Crippen MR) is 52.4 cm³/mol. The van der Waals surface area contributed by atoms with Gasteiger partial charge in [0.15, 0.2) is 6.90 Å². The molecule has 0 bridgehead atoms. The molecular weight excluding hydrogens is 178 g/mol. The maximum absolute atomic E-state index is 6.42. The second kappa shape index (κ2) is 2.34. The first kappa shape index (κ1) is 8.78. The van der Waals surface area contributed by atoms with Crippen molar-refractivity contribution < 1.29 is 0 Å². The number of halogens is 1. The van der Waals surface area contributed by atoms with Crippen molar-refractivity contribution in [3.63, 3.8) is 0 Å². The van der Waals surface area contributed by atoms with E-state index in [0.29, 0.717) is 0 Å². The van der Waals surface area contributed by atoms with Gasteiger partial charge in [-0.2, -0.15) is 11.1 Å². The molecule has 0 aromatic carbocycles. The fourth-order valence-electron chi connectivity index (χ4n) is 0.985. The van der Waals surface area contributed by atoms with Gasteiger partial charge in [-0.3, -0.25) is 0 Å². The van der Waals surface area contributed by atoms with E-state index in [1.54, 1.807) is 0 Å². The molecule has 0 aliphatic carbocycles. The van der Waals surface area contributed by atoms with E-state index in [2.05, 4.69) is 30.8 Å². The molecule has 0 atom stereocenters. The molecule has 0 unspecified atom stereocenters. The topological polar surface area (TPSA) is 3.01 Å². The van der Waals surface area contributed by atoms with Crippen LogP contribution in [0.25, 0.3) is 0 Å². The molecule has 1 aliphatic heterocycles. The van der Waals surface area contributed by atoms with Crippen LogP contribution >= 0.6 is 11.1 Å². The van der Waals surface area contributed by atoms with Gasteiger partial charge in [0.1, 0.15) is 7.75 Å². The van der Waals surface area contributed by atoms with Crippen LogP contribution in [0.15, 0.2) is 0 Å². The normalized spacial score (nSPS) is 21.3. The molecule has 0 aromatic rings. The fraction of sp³-hybridized carbons (Fsp3) is 1.00. The van der Waals surface area contributed by atoms with Crippen molar-refractivity contribution in [2.24, 2.45) is 0 Å². The quantitative estimate of drug-likeness (QED) is 0.369. The average molecular weight is 194 g/mol. The fourth-order valence-corrected chi connectivity index (χ4v) is 6.96. The van der Waals surface area contributed by atoms with Gasteiger partial charge in [0.2, 0.25) is 0 Å². The zero-order chi connectivity index (χ0) is 7.99. The average Bonchev–Trinajstić information content (AvgIpc) is 2.38. The second-order valence-corrected chi connectivity index (χ2v) is 21.9. The van der Waals surface area contributed by atoms with Crippen LogP contribution < -0.4 is 0 Å². The van der Waals surface area contributed by atoms with Gasteiger partial charge < -0.3 is 4.57 Å². The zero-order valence-corrected chi connectivity index (χ0v) is 10.00. The number of rotatable bonds is 2. The molecule has 0 radical (unpaired) electrons. The number of nitrogens with zero attached hydrogens (tertiary/aromatic N) is 1. The summed E-state index contributed by atoms with van der Waals surface area (Å²) >= 11 is 6.42. The van der Waals surface area contributed by atoms with Gasteiger partial charge in [0.25, 0.3) is 0 Å². The highest BCUT2D eigenvalue weighted by molar-refractivity contribution is 7.57. The van der Waals surface area contributed by atoms with Crippen molar-refractivity contribution in [3.05, 3.63) is 0 Å². The number of hydrogen-bond acceptors (Lipinski definition) is 1. The van der Waals surface area contributed by atoms with Gasteiger partial charge in [0.05, 0.1) is 0 Å². The monoisotopic (exact) mass is 193 g/mol. The summed E-state index contributed by atoms with van der Waals surface area (Å²) in [6.07, 6.45) is 0. The Morgan fingerprint density at radius 1 is 1.10 bits per heavy atom. The van der Waals surface area contributed by atoms with Crippen LogP contribution in [0, 0.1) is 0 Å². The van der Waals surface area contributed by atoms with Gasteiger partial charge in [-0.15, -0.1) is 0 Å². The van der Waals surface area contributed by atoms with Crippen LogP contribution in [0.5, 0.6) is 0 Å². The molecular formula is C6H16ClNSi2. The van der Waals surface area contributed by atoms with Crippen LogP contribution in [0.3, 0.4) is 0 Å². The lowest BCUT2D eigenvalue weighted by atomic mass is 11.0.